The van der Waals surface area contributed by atoms with Gasteiger partial charge in [-0.15, -0.1) is 11.6 Å². The molecule has 2 aromatic rings. The standard InChI is InChI=1S/C52H74ClNO5/c1-8-36(4)49(53)50(56)59-42-23-19-40(20-24-42)54-34-38-16-21-41(22-17-38)57-32-11-9-10-15-48(55)58-43-28-30-51(6)39(33-43)18-25-44-46-27-26-45(37(5)14-12-13-35(2)3)52(46,7)31-29-47(44)51/h16-24,34-37,43-47,49H,8-15,25-33H2,1-7H3/t36-,37+,43-,44-,45+,46-,47-,49-,51-,52+/m0/s1. The topological polar surface area (TPSA) is 74.2 Å². The van der Waals surface area contributed by atoms with Gasteiger partial charge in [-0.25, -0.2) is 0 Å². The molecule has 0 amide bonds. The number of hydrogen-bond donors (Lipinski definition) is 0. The number of unbranched alkanes of at least 4 members (excludes halogenated alkanes) is 2. The van der Waals surface area contributed by atoms with E-state index in [2.05, 4.69) is 45.7 Å². The molecule has 0 saturated heterocycles. The number of ether oxygens (including phenoxy) is 3. The van der Waals surface area contributed by atoms with Crippen LogP contribution in [0.15, 0.2) is 65.2 Å². The van der Waals surface area contributed by atoms with Gasteiger partial charge < -0.3 is 14.2 Å². The molecule has 0 heterocycles. The second-order valence-electron chi connectivity index (χ2n) is 19.8. The minimum absolute atomic E-state index is 0.0297. The Morgan fingerprint density at radius 1 is 0.864 bits per heavy atom. The minimum Gasteiger partial charge on any atom is -0.494 e. The molecule has 0 radical (unpaired) electrons. The van der Waals surface area contributed by atoms with Crippen LogP contribution in [0.3, 0.4) is 0 Å². The van der Waals surface area contributed by atoms with Crippen molar-refractivity contribution in [3.63, 3.8) is 0 Å². The molecule has 324 valence electrons. The normalized spacial score (nSPS) is 29.2. The van der Waals surface area contributed by atoms with Crippen LogP contribution in [0.4, 0.5) is 5.69 Å². The molecule has 0 bridgehead atoms. The number of nitrogens with zero attached hydrogens (tertiary/aromatic N) is 1. The highest BCUT2D eigenvalue weighted by Gasteiger charge is 2.59. The number of carbonyl (C=O) groups is 2. The van der Waals surface area contributed by atoms with Crippen molar-refractivity contribution in [1.29, 1.82) is 0 Å². The Morgan fingerprint density at radius 3 is 2.34 bits per heavy atom. The Balaban J connectivity index is 0.867. The maximum Gasteiger partial charge on any atom is 0.329 e. The minimum atomic E-state index is -0.667. The van der Waals surface area contributed by atoms with Gasteiger partial charge in [0.05, 0.1) is 12.3 Å². The van der Waals surface area contributed by atoms with E-state index in [0.29, 0.717) is 24.2 Å². The van der Waals surface area contributed by atoms with Gasteiger partial charge in [-0.1, -0.05) is 85.8 Å². The van der Waals surface area contributed by atoms with E-state index in [9.17, 15) is 9.59 Å². The summed E-state index contributed by atoms with van der Waals surface area (Å²) in [6.45, 7) is 17.1. The van der Waals surface area contributed by atoms with E-state index < -0.39 is 11.3 Å². The lowest BCUT2D eigenvalue weighted by Crippen LogP contribution is -2.51. The van der Waals surface area contributed by atoms with Crippen molar-refractivity contribution in [2.45, 2.75) is 163 Å². The summed E-state index contributed by atoms with van der Waals surface area (Å²) in [5.41, 5.74) is 4.09. The summed E-state index contributed by atoms with van der Waals surface area (Å²) in [6, 6.07) is 14.9. The Hall–Kier alpha value is -3.12. The lowest BCUT2D eigenvalue weighted by atomic mass is 9.47. The van der Waals surface area contributed by atoms with Crippen LogP contribution in [-0.4, -0.2) is 36.2 Å². The molecule has 6 nitrogen and oxygen atoms in total. The number of alkyl halides is 1. The zero-order chi connectivity index (χ0) is 42.2. The molecule has 2 aromatic carbocycles. The molecule has 4 aliphatic carbocycles. The number of carbonyl (C=O) groups excluding carboxylic acids is 2. The van der Waals surface area contributed by atoms with Crippen LogP contribution in [0, 0.1) is 52.3 Å². The molecule has 0 unspecified atom stereocenters. The first-order valence-corrected chi connectivity index (χ1v) is 23.9. The number of hydrogen-bond acceptors (Lipinski definition) is 6. The van der Waals surface area contributed by atoms with E-state index in [1.54, 1.807) is 36.1 Å². The number of rotatable bonds is 19. The van der Waals surface area contributed by atoms with Crippen molar-refractivity contribution < 1.29 is 23.8 Å². The molecular formula is C52H74ClNO5. The third kappa shape index (κ3) is 11.2. The van der Waals surface area contributed by atoms with Gasteiger partial charge in [0.25, 0.3) is 0 Å². The quantitative estimate of drug-likeness (QED) is 0.0352. The molecule has 4 aliphatic rings. The summed E-state index contributed by atoms with van der Waals surface area (Å²) < 4.78 is 17.5. The predicted octanol–water partition coefficient (Wildman–Crippen LogP) is 13.9. The largest absolute Gasteiger partial charge is 0.494 e. The van der Waals surface area contributed by atoms with Crippen LogP contribution >= 0.6 is 11.6 Å². The average molecular weight is 829 g/mol. The molecule has 10 atom stereocenters. The van der Waals surface area contributed by atoms with E-state index >= 15 is 0 Å². The first kappa shape index (κ1) is 45.4. The Labute approximate surface area is 361 Å². The van der Waals surface area contributed by atoms with Gasteiger partial charge in [0.1, 0.15) is 23.0 Å². The van der Waals surface area contributed by atoms with Crippen molar-refractivity contribution >= 4 is 35.4 Å². The van der Waals surface area contributed by atoms with Gasteiger partial charge in [-0.2, -0.15) is 0 Å². The monoisotopic (exact) mass is 828 g/mol. The molecule has 0 aromatic heterocycles. The first-order chi connectivity index (χ1) is 28.3. The summed E-state index contributed by atoms with van der Waals surface area (Å²) in [6.07, 6.45) is 22.5. The summed E-state index contributed by atoms with van der Waals surface area (Å²) in [7, 11) is 0. The number of halogens is 1. The van der Waals surface area contributed by atoms with E-state index in [0.717, 1.165) is 97.5 Å². The third-order valence-corrected chi connectivity index (χ3v) is 16.1. The fourth-order valence-electron chi connectivity index (χ4n) is 11.7. The molecular weight excluding hydrogens is 754 g/mol. The van der Waals surface area contributed by atoms with Crippen LogP contribution < -0.4 is 9.47 Å². The van der Waals surface area contributed by atoms with Gasteiger partial charge in [-0.05, 0) is 171 Å². The van der Waals surface area contributed by atoms with Crippen LogP contribution in [0.2, 0.25) is 0 Å². The molecule has 6 rings (SSSR count). The predicted molar refractivity (Wildman–Crippen MR) is 242 cm³/mol. The Morgan fingerprint density at radius 2 is 1.61 bits per heavy atom. The molecule has 3 fully saturated rings. The van der Waals surface area contributed by atoms with E-state index in [4.69, 9.17) is 25.8 Å². The Kier molecular flexibility index (Phi) is 15.9. The number of allylic oxidation sites excluding steroid dienone is 1. The summed E-state index contributed by atoms with van der Waals surface area (Å²) >= 11 is 6.21. The van der Waals surface area contributed by atoms with Crippen molar-refractivity contribution in [2.75, 3.05) is 6.61 Å². The molecule has 3 saturated carbocycles. The number of esters is 2. The van der Waals surface area contributed by atoms with Crippen LogP contribution in [-0.2, 0) is 14.3 Å². The highest BCUT2D eigenvalue weighted by molar-refractivity contribution is 6.30. The van der Waals surface area contributed by atoms with Crippen molar-refractivity contribution in [3.8, 4) is 11.5 Å². The van der Waals surface area contributed by atoms with E-state index in [-0.39, 0.29) is 23.4 Å². The number of benzene rings is 2. The summed E-state index contributed by atoms with van der Waals surface area (Å²) in [4.78, 5) is 29.7. The third-order valence-electron chi connectivity index (χ3n) is 15.5. The van der Waals surface area contributed by atoms with E-state index in [1.807, 2.05) is 38.1 Å². The van der Waals surface area contributed by atoms with E-state index in [1.165, 1.54) is 51.4 Å². The lowest BCUT2D eigenvalue weighted by Gasteiger charge is -2.58. The Bertz CT molecular complexity index is 1740. The van der Waals surface area contributed by atoms with Crippen LogP contribution in [0.1, 0.15) is 157 Å². The molecule has 59 heavy (non-hydrogen) atoms. The van der Waals surface area contributed by atoms with Gasteiger partial charge >= 0.3 is 11.9 Å². The average Bonchev–Trinajstić information content (AvgIpc) is 3.59. The second kappa shape index (κ2) is 20.6. The highest BCUT2D eigenvalue weighted by Crippen LogP contribution is 2.67. The maximum atomic E-state index is 13.0. The fraction of sp³-hybridized carbons (Fsp3) is 0.673. The van der Waals surface area contributed by atoms with Gasteiger partial charge in [-0.3, -0.25) is 14.6 Å². The van der Waals surface area contributed by atoms with Crippen LogP contribution in [0.5, 0.6) is 11.5 Å². The zero-order valence-electron chi connectivity index (χ0n) is 37.4. The van der Waals surface area contributed by atoms with Crippen molar-refractivity contribution in [2.24, 2.45) is 57.2 Å². The smallest absolute Gasteiger partial charge is 0.329 e. The van der Waals surface area contributed by atoms with Gasteiger partial charge in [0.15, 0.2) is 0 Å². The van der Waals surface area contributed by atoms with Crippen LogP contribution in [0.25, 0.3) is 0 Å². The number of aliphatic imine (C=N–C) groups is 1. The zero-order valence-corrected chi connectivity index (χ0v) is 38.1. The van der Waals surface area contributed by atoms with Gasteiger partial charge in [0, 0.05) is 19.1 Å². The SMILES string of the molecule is CC[C@H](C)[C@H](Cl)C(=O)Oc1ccc(N=Cc2ccc(OCCCCCC(=O)O[C@H]3CC[C@@]4(C)C(=CC[C@H]5[C@@H]6CC[C@H]([C@H](C)CCCC(C)C)[C@@]6(C)CC[C@@H]54)C3)cc2)cc1. The van der Waals surface area contributed by atoms with Crippen molar-refractivity contribution in [3.05, 3.63) is 65.7 Å². The molecule has 0 N–H and O–H groups in total. The summed E-state index contributed by atoms with van der Waals surface area (Å²) in [5.74, 6) is 5.88. The molecule has 7 heteroatoms. The maximum absolute atomic E-state index is 13.0. The molecule has 0 spiro atoms. The number of fused-ring (bicyclic) bond motifs is 5. The fourth-order valence-corrected chi connectivity index (χ4v) is 12.0. The highest BCUT2D eigenvalue weighted by atomic mass is 35.5. The summed E-state index contributed by atoms with van der Waals surface area (Å²) in [5, 5.41) is -0.667. The second-order valence-corrected chi connectivity index (χ2v) is 20.3. The van der Waals surface area contributed by atoms with Crippen molar-refractivity contribution in [1.82, 2.24) is 0 Å². The first-order valence-electron chi connectivity index (χ1n) is 23.4. The van der Waals surface area contributed by atoms with Gasteiger partial charge in [0.2, 0.25) is 0 Å². The lowest BCUT2D eigenvalue weighted by molar-refractivity contribution is -0.151. The molecule has 0 aliphatic heterocycles.